The van der Waals surface area contributed by atoms with Crippen LogP contribution in [0.3, 0.4) is 0 Å². The second-order valence-electron chi connectivity index (χ2n) is 8.83. The van der Waals surface area contributed by atoms with Crippen molar-refractivity contribution in [3.8, 4) is 11.1 Å². The number of nitro groups is 1. The van der Waals surface area contributed by atoms with E-state index < -0.39 is 30.8 Å². The van der Waals surface area contributed by atoms with E-state index in [1.54, 1.807) is 36.4 Å². The number of halogens is 1. The Morgan fingerprint density at radius 1 is 0.775 bits per heavy atom. The summed E-state index contributed by atoms with van der Waals surface area (Å²) < 4.78 is 70.0. The zero-order valence-corrected chi connectivity index (χ0v) is 21.9. The van der Waals surface area contributed by atoms with Crippen LogP contribution >= 0.6 is 0 Å². The summed E-state index contributed by atoms with van der Waals surface area (Å²) in [5.74, 6) is -0.716. The van der Waals surface area contributed by atoms with Gasteiger partial charge < -0.3 is 0 Å². The summed E-state index contributed by atoms with van der Waals surface area (Å²) in [6.07, 6.45) is 2.68. The molecule has 0 saturated carbocycles. The highest BCUT2D eigenvalue weighted by Gasteiger charge is 2.23. The van der Waals surface area contributed by atoms with E-state index in [1.165, 1.54) is 36.7 Å². The standard InChI is InChI=1S/C27H17FN4O6S2/c28-20-15-25(18-6-7-19-17-29-31(26(19)14-18)40(37,38)22-4-2-1-3-5-22)24-12-13-30(27(24)16-20)39(35,36)23-10-8-21(9-11-23)32(33)34/h1-17H. The Hall–Kier alpha value is -4.88. The smallest absolute Gasteiger partial charge is 0.258 e. The highest BCUT2D eigenvalue weighted by Crippen LogP contribution is 2.34. The van der Waals surface area contributed by atoms with Gasteiger partial charge in [0, 0.05) is 29.1 Å². The number of rotatable bonds is 6. The van der Waals surface area contributed by atoms with E-state index >= 15 is 0 Å². The molecule has 40 heavy (non-hydrogen) atoms. The fraction of sp³-hybridized carbons (Fsp3) is 0. The first-order valence-electron chi connectivity index (χ1n) is 11.7. The summed E-state index contributed by atoms with van der Waals surface area (Å²) in [6.45, 7) is 0. The molecular formula is C27H17FN4O6S2. The van der Waals surface area contributed by atoms with Crippen molar-refractivity contribution in [2.75, 3.05) is 0 Å². The van der Waals surface area contributed by atoms with Gasteiger partial charge in [-0.2, -0.15) is 17.6 Å². The summed E-state index contributed by atoms with van der Waals surface area (Å²) in [5.41, 5.74) is 0.802. The SMILES string of the molecule is O=[N+]([O-])c1ccc(S(=O)(=O)n2ccc3c(-c4ccc5cnn(S(=O)(=O)c6ccccc6)c5c4)cc(F)cc32)cc1. The molecule has 6 rings (SSSR count). The Morgan fingerprint density at radius 2 is 1.48 bits per heavy atom. The third kappa shape index (κ3) is 4.03. The number of nitro benzene ring substituents is 1. The van der Waals surface area contributed by atoms with Gasteiger partial charge in [-0.3, -0.25) is 10.1 Å². The highest BCUT2D eigenvalue weighted by molar-refractivity contribution is 7.90. The van der Waals surface area contributed by atoms with Gasteiger partial charge in [-0.05, 0) is 59.7 Å². The van der Waals surface area contributed by atoms with E-state index in [4.69, 9.17) is 0 Å². The Morgan fingerprint density at radius 3 is 2.17 bits per heavy atom. The largest absolute Gasteiger partial charge is 0.283 e. The van der Waals surface area contributed by atoms with Gasteiger partial charge in [0.25, 0.3) is 25.7 Å². The average Bonchev–Trinajstić information content (AvgIpc) is 3.58. The van der Waals surface area contributed by atoms with Gasteiger partial charge >= 0.3 is 0 Å². The van der Waals surface area contributed by atoms with Crippen molar-refractivity contribution in [1.82, 2.24) is 13.2 Å². The molecule has 10 nitrogen and oxygen atoms in total. The van der Waals surface area contributed by atoms with Crippen LogP contribution < -0.4 is 0 Å². The first-order chi connectivity index (χ1) is 19.1. The number of aromatic nitrogens is 3. The van der Waals surface area contributed by atoms with Crippen LogP contribution in [-0.2, 0) is 20.0 Å². The van der Waals surface area contributed by atoms with Crippen molar-refractivity contribution in [1.29, 1.82) is 0 Å². The molecule has 0 unspecified atom stereocenters. The van der Waals surface area contributed by atoms with Gasteiger partial charge in [-0.1, -0.05) is 30.3 Å². The van der Waals surface area contributed by atoms with Crippen LogP contribution in [0.4, 0.5) is 10.1 Å². The molecule has 0 radical (unpaired) electrons. The number of nitrogens with zero attached hydrogens (tertiary/aromatic N) is 4. The minimum atomic E-state index is -4.23. The molecule has 200 valence electrons. The summed E-state index contributed by atoms with van der Waals surface area (Å²) in [4.78, 5) is 10.2. The van der Waals surface area contributed by atoms with E-state index in [2.05, 4.69) is 5.10 Å². The number of benzene rings is 4. The molecule has 2 heterocycles. The molecule has 0 bridgehead atoms. The van der Waals surface area contributed by atoms with Crippen LogP contribution in [0.2, 0.25) is 0 Å². The fourth-order valence-electron chi connectivity index (χ4n) is 4.53. The van der Waals surface area contributed by atoms with Crippen molar-refractivity contribution in [3.63, 3.8) is 0 Å². The topological polar surface area (TPSA) is 134 Å². The Bertz CT molecular complexity index is 2170. The molecule has 0 atom stereocenters. The average molecular weight is 577 g/mol. The summed E-state index contributed by atoms with van der Waals surface area (Å²) >= 11 is 0. The summed E-state index contributed by atoms with van der Waals surface area (Å²) in [5, 5.41) is 16.0. The van der Waals surface area contributed by atoms with Crippen LogP contribution in [0.5, 0.6) is 0 Å². The minimum absolute atomic E-state index is 0.0406. The Kier molecular flexibility index (Phi) is 5.78. The molecule has 0 aliphatic heterocycles. The van der Waals surface area contributed by atoms with Crippen LogP contribution in [0, 0.1) is 15.9 Å². The van der Waals surface area contributed by atoms with Gasteiger partial charge in [0.1, 0.15) is 5.82 Å². The van der Waals surface area contributed by atoms with E-state index in [-0.39, 0.29) is 26.5 Å². The molecule has 0 saturated heterocycles. The number of non-ortho nitro benzene ring substituents is 1. The van der Waals surface area contributed by atoms with Crippen LogP contribution in [0.1, 0.15) is 0 Å². The molecule has 13 heteroatoms. The lowest BCUT2D eigenvalue weighted by Gasteiger charge is -2.10. The van der Waals surface area contributed by atoms with Crippen molar-refractivity contribution in [3.05, 3.63) is 119 Å². The quantitative estimate of drug-likeness (QED) is 0.197. The molecule has 4 aromatic carbocycles. The molecule has 0 aliphatic rings. The van der Waals surface area contributed by atoms with Gasteiger partial charge in [0.2, 0.25) is 0 Å². The minimum Gasteiger partial charge on any atom is -0.258 e. The lowest BCUT2D eigenvalue weighted by atomic mass is 10.0. The second-order valence-corrected chi connectivity index (χ2v) is 12.4. The Balaban J connectivity index is 1.50. The van der Waals surface area contributed by atoms with E-state index in [0.29, 0.717) is 21.9 Å². The first-order valence-corrected chi connectivity index (χ1v) is 14.5. The van der Waals surface area contributed by atoms with Crippen LogP contribution in [0.15, 0.2) is 113 Å². The molecule has 2 aromatic heterocycles. The third-order valence-corrected chi connectivity index (χ3v) is 9.78. The zero-order valence-electron chi connectivity index (χ0n) is 20.2. The van der Waals surface area contributed by atoms with Crippen LogP contribution in [-0.4, -0.2) is 34.9 Å². The normalized spacial score (nSPS) is 12.2. The fourth-order valence-corrected chi connectivity index (χ4v) is 7.16. The van der Waals surface area contributed by atoms with Crippen molar-refractivity contribution < 1.29 is 26.1 Å². The zero-order chi connectivity index (χ0) is 28.2. The molecule has 0 amide bonds. The number of hydrogen-bond donors (Lipinski definition) is 0. The number of hydrogen-bond acceptors (Lipinski definition) is 7. The predicted octanol–water partition coefficient (Wildman–Crippen LogP) is 5.18. The predicted molar refractivity (Wildman–Crippen MR) is 145 cm³/mol. The Labute approximate surface area is 226 Å². The highest BCUT2D eigenvalue weighted by atomic mass is 32.2. The molecular weight excluding hydrogens is 559 g/mol. The van der Waals surface area contributed by atoms with Crippen molar-refractivity contribution in [2.45, 2.75) is 9.79 Å². The lowest BCUT2D eigenvalue weighted by molar-refractivity contribution is -0.384. The molecule has 0 fully saturated rings. The molecule has 0 spiro atoms. The van der Waals surface area contributed by atoms with E-state index in [9.17, 15) is 31.3 Å². The van der Waals surface area contributed by atoms with Gasteiger partial charge in [0.05, 0.1) is 31.9 Å². The maximum atomic E-state index is 14.9. The second kappa shape index (κ2) is 9.10. The van der Waals surface area contributed by atoms with E-state index in [0.717, 1.165) is 38.4 Å². The summed E-state index contributed by atoms with van der Waals surface area (Å²) in [7, 11) is -8.25. The van der Waals surface area contributed by atoms with Gasteiger partial charge in [-0.25, -0.2) is 16.8 Å². The first kappa shape index (κ1) is 25.4. The number of fused-ring (bicyclic) bond motifs is 2. The van der Waals surface area contributed by atoms with Crippen molar-refractivity contribution >= 4 is 47.5 Å². The maximum absolute atomic E-state index is 14.9. The lowest BCUT2D eigenvalue weighted by Crippen LogP contribution is -2.14. The van der Waals surface area contributed by atoms with Gasteiger partial charge in [0.15, 0.2) is 0 Å². The van der Waals surface area contributed by atoms with Gasteiger partial charge in [-0.15, -0.1) is 0 Å². The molecule has 0 N–H and O–H groups in total. The third-order valence-electron chi connectivity index (χ3n) is 6.46. The van der Waals surface area contributed by atoms with Crippen molar-refractivity contribution in [2.24, 2.45) is 0 Å². The maximum Gasteiger partial charge on any atom is 0.283 e. The van der Waals surface area contributed by atoms with Crippen LogP contribution in [0.25, 0.3) is 32.9 Å². The summed E-state index contributed by atoms with van der Waals surface area (Å²) in [6, 6.07) is 20.9. The molecule has 0 aliphatic carbocycles. The van der Waals surface area contributed by atoms with E-state index in [1.807, 2.05) is 0 Å². The molecule has 6 aromatic rings. The monoisotopic (exact) mass is 576 g/mol.